The summed E-state index contributed by atoms with van der Waals surface area (Å²) in [5.41, 5.74) is 1.03. The molecule has 1 heterocycles. The molecule has 3 nitrogen and oxygen atoms in total. The molecule has 0 spiro atoms. The predicted molar refractivity (Wildman–Crippen MR) is 72.1 cm³/mol. The van der Waals surface area contributed by atoms with E-state index in [1.807, 2.05) is 37.3 Å². The van der Waals surface area contributed by atoms with Crippen LogP contribution in [0.25, 0.3) is 0 Å². The zero-order chi connectivity index (χ0) is 12.8. The van der Waals surface area contributed by atoms with Gasteiger partial charge in [-0.05, 0) is 42.8 Å². The van der Waals surface area contributed by atoms with E-state index in [9.17, 15) is 0 Å². The fourth-order valence-corrected chi connectivity index (χ4v) is 1.69. The van der Waals surface area contributed by atoms with E-state index in [0.29, 0.717) is 6.61 Å². The second-order valence-electron chi connectivity index (χ2n) is 4.02. The van der Waals surface area contributed by atoms with Crippen LogP contribution < -0.4 is 10.1 Å². The van der Waals surface area contributed by atoms with Gasteiger partial charge in [0.25, 0.3) is 0 Å². The average molecular weight is 266 g/mol. The Morgan fingerprint density at radius 2 is 2.22 bits per heavy atom. The number of benzene rings is 1. The van der Waals surface area contributed by atoms with Gasteiger partial charge in [-0.25, -0.2) is 0 Å². The molecule has 4 heteroatoms. The molecule has 18 heavy (non-hydrogen) atoms. The smallest absolute Gasteiger partial charge is 0.119 e. The first-order valence-corrected chi connectivity index (χ1v) is 6.25. The van der Waals surface area contributed by atoms with E-state index >= 15 is 0 Å². The van der Waals surface area contributed by atoms with Crippen molar-refractivity contribution in [3.63, 3.8) is 0 Å². The van der Waals surface area contributed by atoms with Crippen molar-refractivity contribution in [1.82, 2.24) is 5.32 Å². The van der Waals surface area contributed by atoms with Crippen LogP contribution in [0.5, 0.6) is 5.75 Å². The van der Waals surface area contributed by atoms with Crippen molar-refractivity contribution in [3.8, 4) is 5.75 Å². The molecule has 0 atom stereocenters. The maximum atomic E-state index is 5.94. The Balaban J connectivity index is 1.67. The van der Waals surface area contributed by atoms with E-state index in [1.54, 1.807) is 6.26 Å². The molecule has 0 aliphatic heterocycles. The monoisotopic (exact) mass is 265 g/mol. The molecule has 0 saturated heterocycles. The summed E-state index contributed by atoms with van der Waals surface area (Å²) in [5, 5.41) is 4.00. The number of nitrogens with one attached hydrogen (secondary N) is 1. The predicted octanol–water partition coefficient (Wildman–Crippen LogP) is 3.41. The number of furan rings is 1. The van der Waals surface area contributed by atoms with Crippen LogP contribution in [-0.4, -0.2) is 13.2 Å². The Hall–Kier alpha value is -1.45. The lowest BCUT2D eigenvalue weighted by Crippen LogP contribution is -2.20. The summed E-state index contributed by atoms with van der Waals surface area (Å²) in [5.74, 6) is 1.77. The molecule has 0 unspecified atom stereocenters. The fourth-order valence-electron chi connectivity index (χ4n) is 1.57. The van der Waals surface area contributed by atoms with Gasteiger partial charge in [0.15, 0.2) is 0 Å². The third-order valence-electron chi connectivity index (χ3n) is 2.56. The molecular formula is C14H16ClNO2. The molecular weight excluding hydrogens is 250 g/mol. The van der Waals surface area contributed by atoms with Crippen LogP contribution in [0.15, 0.2) is 41.0 Å². The average Bonchev–Trinajstić information content (AvgIpc) is 2.86. The van der Waals surface area contributed by atoms with Crippen LogP contribution in [0.1, 0.15) is 11.3 Å². The molecule has 96 valence electrons. The highest BCUT2D eigenvalue weighted by Crippen LogP contribution is 2.20. The van der Waals surface area contributed by atoms with Gasteiger partial charge in [-0.1, -0.05) is 11.6 Å². The molecule has 1 aromatic heterocycles. The largest absolute Gasteiger partial charge is 0.492 e. The second-order valence-corrected chi connectivity index (χ2v) is 4.42. The Morgan fingerprint density at radius 1 is 1.33 bits per heavy atom. The zero-order valence-electron chi connectivity index (χ0n) is 10.3. The van der Waals surface area contributed by atoms with Gasteiger partial charge in [0.1, 0.15) is 18.1 Å². The third-order valence-corrected chi connectivity index (χ3v) is 2.98. The highest BCUT2D eigenvalue weighted by molar-refractivity contribution is 6.31. The SMILES string of the molecule is Cc1cc(OCCNCc2ccco2)ccc1Cl. The summed E-state index contributed by atoms with van der Waals surface area (Å²) in [6, 6.07) is 9.49. The lowest BCUT2D eigenvalue weighted by molar-refractivity contribution is 0.311. The molecule has 2 rings (SSSR count). The van der Waals surface area contributed by atoms with E-state index in [1.165, 1.54) is 0 Å². The second kappa shape index (κ2) is 6.47. The van der Waals surface area contributed by atoms with E-state index in [4.69, 9.17) is 20.8 Å². The number of ether oxygens (including phenoxy) is 1. The van der Waals surface area contributed by atoms with Crippen LogP contribution in [0.2, 0.25) is 5.02 Å². The molecule has 2 aromatic rings. The van der Waals surface area contributed by atoms with E-state index in [0.717, 1.165) is 35.2 Å². The first kappa shape index (κ1) is 13.0. The normalized spacial score (nSPS) is 10.6. The van der Waals surface area contributed by atoms with Crippen LogP contribution in [0, 0.1) is 6.92 Å². The Morgan fingerprint density at radius 3 is 2.94 bits per heavy atom. The van der Waals surface area contributed by atoms with Crippen molar-refractivity contribution in [1.29, 1.82) is 0 Å². The van der Waals surface area contributed by atoms with Crippen molar-refractivity contribution < 1.29 is 9.15 Å². The first-order valence-electron chi connectivity index (χ1n) is 5.88. The minimum atomic E-state index is 0.613. The summed E-state index contributed by atoms with van der Waals surface area (Å²) >= 11 is 5.94. The van der Waals surface area contributed by atoms with E-state index < -0.39 is 0 Å². The number of rotatable bonds is 6. The van der Waals surface area contributed by atoms with Gasteiger partial charge >= 0.3 is 0 Å². The molecule has 0 amide bonds. The van der Waals surface area contributed by atoms with Crippen molar-refractivity contribution in [2.45, 2.75) is 13.5 Å². The standard InChI is InChI=1S/C14H16ClNO2/c1-11-9-12(4-5-14(11)15)18-8-6-16-10-13-3-2-7-17-13/h2-5,7,9,16H,6,8,10H2,1H3. The van der Waals surface area contributed by atoms with Crippen molar-refractivity contribution in [2.24, 2.45) is 0 Å². The molecule has 0 aliphatic rings. The topological polar surface area (TPSA) is 34.4 Å². The van der Waals surface area contributed by atoms with Gasteiger partial charge in [0.05, 0.1) is 12.8 Å². The molecule has 0 fully saturated rings. The maximum Gasteiger partial charge on any atom is 0.119 e. The number of aryl methyl sites for hydroxylation is 1. The highest BCUT2D eigenvalue weighted by atomic mass is 35.5. The van der Waals surface area contributed by atoms with Gasteiger partial charge in [-0.3, -0.25) is 0 Å². The van der Waals surface area contributed by atoms with Gasteiger partial charge in [-0.15, -0.1) is 0 Å². The van der Waals surface area contributed by atoms with Crippen LogP contribution >= 0.6 is 11.6 Å². The minimum absolute atomic E-state index is 0.613. The Labute approximate surface area is 112 Å². The van der Waals surface area contributed by atoms with Crippen LogP contribution in [-0.2, 0) is 6.54 Å². The van der Waals surface area contributed by atoms with Crippen LogP contribution in [0.4, 0.5) is 0 Å². The minimum Gasteiger partial charge on any atom is -0.492 e. The number of hydrogen-bond acceptors (Lipinski definition) is 3. The van der Waals surface area contributed by atoms with Gasteiger partial charge in [0.2, 0.25) is 0 Å². The molecule has 1 N–H and O–H groups in total. The highest BCUT2D eigenvalue weighted by Gasteiger charge is 1.99. The number of hydrogen-bond donors (Lipinski definition) is 1. The van der Waals surface area contributed by atoms with Crippen molar-refractivity contribution in [3.05, 3.63) is 52.9 Å². The lowest BCUT2D eigenvalue weighted by atomic mass is 10.2. The zero-order valence-corrected chi connectivity index (χ0v) is 11.0. The summed E-state index contributed by atoms with van der Waals surface area (Å²) in [4.78, 5) is 0. The summed E-state index contributed by atoms with van der Waals surface area (Å²) in [7, 11) is 0. The fraction of sp³-hybridized carbons (Fsp3) is 0.286. The van der Waals surface area contributed by atoms with Crippen molar-refractivity contribution >= 4 is 11.6 Å². The van der Waals surface area contributed by atoms with Gasteiger partial charge in [-0.2, -0.15) is 0 Å². The van der Waals surface area contributed by atoms with Crippen molar-refractivity contribution in [2.75, 3.05) is 13.2 Å². The number of halogens is 1. The molecule has 0 radical (unpaired) electrons. The molecule has 0 aliphatic carbocycles. The summed E-state index contributed by atoms with van der Waals surface area (Å²) in [6.45, 7) is 4.06. The van der Waals surface area contributed by atoms with E-state index in [-0.39, 0.29) is 0 Å². The summed E-state index contributed by atoms with van der Waals surface area (Å²) < 4.78 is 10.8. The third kappa shape index (κ3) is 3.79. The Bertz CT molecular complexity index is 483. The Kier molecular flexibility index (Phi) is 4.67. The van der Waals surface area contributed by atoms with Gasteiger partial charge < -0.3 is 14.5 Å². The van der Waals surface area contributed by atoms with Gasteiger partial charge in [0, 0.05) is 11.6 Å². The van der Waals surface area contributed by atoms with E-state index in [2.05, 4.69) is 5.32 Å². The molecule has 0 bridgehead atoms. The first-order chi connectivity index (χ1) is 8.75. The quantitative estimate of drug-likeness (QED) is 0.813. The van der Waals surface area contributed by atoms with Crippen LogP contribution in [0.3, 0.4) is 0 Å². The summed E-state index contributed by atoms with van der Waals surface area (Å²) in [6.07, 6.45) is 1.67. The lowest BCUT2D eigenvalue weighted by Gasteiger charge is -2.08. The maximum absolute atomic E-state index is 5.94. The molecule has 0 saturated carbocycles. The molecule has 1 aromatic carbocycles.